The maximum Gasteiger partial charge on any atom is 0.195 e. The molecule has 7 heteroatoms. The SMILES string of the molecule is Cn1cnnc1Sc1c(Cl)cc(N)cc1Cl. The zero-order valence-electron chi connectivity index (χ0n) is 8.32. The van der Waals surface area contributed by atoms with E-state index in [1.54, 1.807) is 23.0 Å². The summed E-state index contributed by atoms with van der Waals surface area (Å²) in [6, 6.07) is 3.32. The predicted octanol–water partition coefficient (Wildman–Crippen LogP) is 2.86. The second-order valence-corrected chi connectivity index (χ2v) is 4.93. The van der Waals surface area contributed by atoms with Crippen LogP contribution in [0.3, 0.4) is 0 Å². The van der Waals surface area contributed by atoms with Gasteiger partial charge in [0.2, 0.25) is 0 Å². The molecule has 1 aromatic heterocycles. The lowest BCUT2D eigenvalue weighted by Gasteiger charge is -2.06. The highest BCUT2D eigenvalue weighted by atomic mass is 35.5. The normalized spacial score (nSPS) is 10.7. The van der Waals surface area contributed by atoms with Crippen LogP contribution in [0, 0.1) is 0 Å². The van der Waals surface area contributed by atoms with Crippen molar-refractivity contribution >= 4 is 40.7 Å². The highest BCUT2D eigenvalue weighted by Gasteiger charge is 2.12. The van der Waals surface area contributed by atoms with Crippen molar-refractivity contribution in [2.24, 2.45) is 7.05 Å². The van der Waals surface area contributed by atoms with E-state index in [0.717, 1.165) is 4.90 Å². The van der Waals surface area contributed by atoms with E-state index in [4.69, 9.17) is 28.9 Å². The van der Waals surface area contributed by atoms with Crippen molar-refractivity contribution < 1.29 is 0 Å². The number of hydrogen-bond donors (Lipinski definition) is 1. The van der Waals surface area contributed by atoms with E-state index >= 15 is 0 Å². The molecule has 1 heterocycles. The van der Waals surface area contributed by atoms with Gasteiger partial charge in [0.1, 0.15) is 6.33 Å². The summed E-state index contributed by atoms with van der Waals surface area (Å²) in [5.41, 5.74) is 6.16. The van der Waals surface area contributed by atoms with Crippen molar-refractivity contribution in [3.05, 3.63) is 28.5 Å². The van der Waals surface area contributed by atoms with E-state index in [2.05, 4.69) is 10.2 Å². The summed E-state index contributed by atoms with van der Waals surface area (Å²) in [4.78, 5) is 0.730. The van der Waals surface area contributed by atoms with Gasteiger partial charge in [-0.3, -0.25) is 0 Å². The van der Waals surface area contributed by atoms with Crippen LogP contribution in [0.1, 0.15) is 0 Å². The van der Waals surface area contributed by atoms with Gasteiger partial charge in [-0.15, -0.1) is 10.2 Å². The molecule has 0 aliphatic carbocycles. The average molecular weight is 275 g/mol. The number of anilines is 1. The van der Waals surface area contributed by atoms with Gasteiger partial charge in [-0.05, 0) is 23.9 Å². The molecule has 0 aliphatic rings. The second kappa shape index (κ2) is 4.53. The predicted molar refractivity (Wildman–Crippen MR) is 66.0 cm³/mol. The minimum Gasteiger partial charge on any atom is -0.399 e. The lowest BCUT2D eigenvalue weighted by Crippen LogP contribution is -1.91. The topological polar surface area (TPSA) is 56.7 Å². The van der Waals surface area contributed by atoms with E-state index < -0.39 is 0 Å². The van der Waals surface area contributed by atoms with Crippen molar-refractivity contribution in [1.29, 1.82) is 0 Å². The van der Waals surface area contributed by atoms with Crippen molar-refractivity contribution in [2.45, 2.75) is 10.1 Å². The first-order valence-electron chi connectivity index (χ1n) is 4.34. The summed E-state index contributed by atoms with van der Waals surface area (Å²) < 4.78 is 1.79. The summed E-state index contributed by atoms with van der Waals surface area (Å²) in [7, 11) is 1.85. The number of rotatable bonds is 2. The summed E-state index contributed by atoms with van der Waals surface area (Å²) in [6.07, 6.45) is 1.61. The number of nitrogen functional groups attached to an aromatic ring is 1. The van der Waals surface area contributed by atoms with Crippen LogP contribution in [0.2, 0.25) is 10.0 Å². The molecule has 0 fully saturated rings. The van der Waals surface area contributed by atoms with Crippen molar-refractivity contribution in [3.63, 3.8) is 0 Å². The Morgan fingerprint density at radius 1 is 1.31 bits per heavy atom. The van der Waals surface area contributed by atoms with Crippen LogP contribution in [0.25, 0.3) is 0 Å². The van der Waals surface area contributed by atoms with Crippen LogP contribution in [-0.4, -0.2) is 14.8 Å². The van der Waals surface area contributed by atoms with Gasteiger partial charge in [0.25, 0.3) is 0 Å². The third-order valence-electron chi connectivity index (χ3n) is 1.88. The Labute approximate surface area is 107 Å². The summed E-state index contributed by atoms with van der Waals surface area (Å²) in [5.74, 6) is 0. The molecule has 0 radical (unpaired) electrons. The van der Waals surface area contributed by atoms with Crippen LogP contribution in [-0.2, 0) is 7.05 Å². The Balaban J connectivity index is 2.39. The van der Waals surface area contributed by atoms with E-state index in [-0.39, 0.29) is 0 Å². The molecule has 2 rings (SSSR count). The molecule has 4 nitrogen and oxygen atoms in total. The molecule has 2 aromatic rings. The lowest BCUT2D eigenvalue weighted by molar-refractivity contribution is 0.788. The third kappa shape index (κ3) is 2.26. The molecule has 84 valence electrons. The van der Waals surface area contributed by atoms with Gasteiger partial charge in [0.15, 0.2) is 5.16 Å². The van der Waals surface area contributed by atoms with Gasteiger partial charge >= 0.3 is 0 Å². The highest BCUT2D eigenvalue weighted by Crippen LogP contribution is 2.38. The Kier molecular flexibility index (Phi) is 3.28. The molecule has 0 bridgehead atoms. The molecule has 1 aromatic carbocycles. The Morgan fingerprint density at radius 3 is 2.44 bits per heavy atom. The maximum atomic E-state index is 6.06. The third-order valence-corrected chi connectivity index (χ3v) is 3.90. The quantitative estimate of drug-likeness (QED) is 0.856. The molecular formula is C9H8Cl2N4S. The van der Waals surface area contributed by atoms with Gasteiger partial charge in [-0.25, -0.2) is 0 Å². The van der Waals surface area contributed by atoms with Gasteiger partial charge < -0.3 is 10.3 Å². The summed E-state index contributed by atoms with van der Waals surface area (Å²) in [6.45, 7) is 0. The second-order valence-electron chi connectivity index (χ2n) is 3.14. The minimum absolute atomic E-state index is 0.512. The van der Waals surface area contributed by atoms with E-state index in [9.17, 15) is 0 Å². The Hall–Kier alpha value is -0.910. The number of aromatic nitrogens is 3. The molecule has 2 N–H and O–H groups in total. The summed E-state index contributed by atoms with van der Waals surface area (Å²) >= 11 is 13.5. The van der Waals surface area contributed by atoms with Crippen molar-refractivity contribution in [1.82, 2.24) is 14.8 Å². The Morgan fingerprint density at radius 2 is 1.94 bits per heavy atom. The number of aryl methyl sites for hydroxylation is 1. The smallest absolute Gasteiger partial charge is 0.195 e. The molecule has 16 heavy (non-hydrogen) atoms. The summed E-state index contributed by atoms with van der Waals surface area (Å²) in [5, 5.41) is 9.46. The van der Waals surface area contributed by atoms with Crippen LogP contribution in [0.5, 0.6) is 0 Å². The maximum absolute atomic E-state index is 6.06. The minimum atomic E-state index is 0.512. The molecule has 0 aliphatic heterocycles. The standard InChI is InChI=1S/C9H8Cl2N4S/c1-15-4-13-14-9(15)16-8-6(10)2-5(12)3-7(8)11/h2-4H,12H2,1H3. The van der Waals surface area contributed by atoms with Crippen LogP contribution in [0.4, 0.5) is 5.69 Å². The zero-order valence-corrected chi connectivity index (χ0v) is 10.6. The van der Waals surface area contributed by atoms with Crippen LogP contribution in [0.15, 0.2) is 28.5 Å². The average Bonchev–Trinajstić information content (AvgIpc) is 2.57. The van der Waals surface area contributed by atoms with Crippen molar-refractivity contribution in [3.8, 4) is 0 Å². The molecular weight excluding hydrogens is 267 g/mol. The van der Waals surface area contributed by atoms with E-state index in [1.807, 2.05) is 7.05 Å². The largest absolute Gasteiger partial charge is 0.399 e. The Bertz CT molecular complexity index is 503. The lowest BCUT2D eigenvalue weighted by atomic mass is 10.3. The first-order valence-corrected chi connectivity index (χ1v) is 5.91. The first kappa shape index (κ1) is 11.6. The number of nitrogens with two attached hydrogens (primary N) is 1. The van der Waals surface area contributed by atoms with E-state index in [1.165, 1.54) is 11.8 Å². The number of benzene rings is 1. The van der Waals surface area contributed by atoms with Crippen molar-refractivity contribution in [2.75, 3.05) is 5.73 Å². The van der Waals surface area contributed by atoms with Gasteiger partial charge in [0, 0.05) is 12.7 Å². The molecule has 0 saturated carbocycles. The molecule has 0 spiro atoms. The fourth-order valence-electron chi connectivity index (χ4n) is 1.13. The molecule has 0 amide bonds. The molecule has 0 atom stereocenters. The van der Waals surface area contributed by atoms with Gasteiger partial charge in [0.05, 0.1) is 14.9 Å². The fraction of sp³-hybridized carbons (Fsp3) is 0.111. The molecule has 0 saturated heterocycles. The number of hydrogen-bond acceptors (Lipinski definition) is 4. The van der Waals surface area contributed by atoms with Gasteiger partial charge in [-0.2, -0.15) is 0 Å². The first-order chi connectivity index (χ1) is 7.58. The van der Waals surface area contributed by atoms with E-state index in [0.29, 0.717) is 20.9 Å². The van der Waals surface area contributed by atoms with Crippen LogP contribution >= 0.6 is 35.0 Å². The number of nitrogens with zero attached hydrogens (tertiary/aromatic N) is 3. The number of halogens is 2. The monoisotopic (exact) mass is 274 g/mol. The van der Waals surface area contributed by atoms with Crippen LogP contribution < -0.4 is 5.73 Å². The van der Waals surface area contributed by atoms with Gasteiger partial charge in [-0.1, -0.05) is 23.2 Å². The fourth-order valence-corrected chi connectivity index (χ4v) is 2.64. The highest BCUT2D eigenvalue weighted by molar-refractivity contribution is 7.99. The molecule has 0 unspecified atom stereocenters. The zero-order chi connectivity index (χ0) is 11.7.